The van der Waals surface area contributed by atoms with E-state index in [0.29, 0.717) is 17.0 Å². The third-order valence-electron chi connectivity index (χ3n) is 4.63. The van der Waals surface area contributed by atoms with Crippen molar-refractivity contribution in [2.45, 2.75) is 22.4 Å². The summed E-state index contributed by atoms with van der Waals surface area (Å²) in [5.74, 6) is -0.486. The highest BCUT2D eigenvalue weighted by Crippen LogP contribution is 2.41. The monoisotopic (exact) mass is 442 g/mol. The minimum atomic E-state index is -4.33. The number of aliphatic imine (C=N–C) groups is 1. The Morgan fingerprint density at radius 1 is 1.00 bits per heavy atom. The molecule has 0 bridgehead atoms. The number of phenolic OH excluding ortho intramolecular Hbond substituents is 1. The summed E-state index contributed by atoms with van der Waals surface area (Å²) in [6.45, 7) is -0.489. The van der Waals surface area contributed by atoms with Gasteiger partial charge in [0.15, 0.2) is 0 Å². The fraction of sp³-hybridized carbons (Fsp3) is 0.130. The molecule has 0 radical (unpaired) electrons. The zero-order chi connectivity index (χ0) is 22.0. The number of phenols is 1. The highest BCUT2D eigenvalue weighted by atomic mass is 32.2. The van der Waals surface area contributed by atoms with Gasteiger partial charge in [0, 0.05) is 33.0 Å². The van der Waals surface area contributed by atoms with E-state index in [1.54, 1.807) is 36.4 Å². The maximum absolute atomic E-state index is 12.4. The van der Waals surface area contributed by atoms with Crippen LogP contribution in [-0.2, 0) is 0 Å². The number of halogens is 3. The van der Waals surface area contributed by atoms with Crippen molar-refractivity contribution in [2.75, 3.05) is 6.54 Å². The molecule has 0 saturated heterocycles. The average molecular weight is 442 g/mol. The first kappa shape index (κ1) is 21.0. The second-order valence-electron chi connectivity index (χ2n) is 6.91. The predicted molar refractivity (Wildman–Crippen MR) is 113 cm³/mol. The maximum atomic E-state index is 12.4. The third-order valence-corrected chi connectivity index (χ3v) is 5.77. The predicted octanol–water partition coefficient (Wildman–Crippen LogP) is 5.71. The Morgan fingerprint density at radius 2 is 1.81 bits per heavy atom. The van der Waals surface area contributed by atoms with Crippen molar-refractivity contribution in [3.05, 3.63) is 83.4 Å². The van der Waals surface area contributed by atoms with Crippen LogP contribution in [0.5, 0.6) is 5.75 Å². The number of aromatic hydroxyl groups is 1. The van der Waals surface area contributed by atoms with E-state index >= 15 is 0 Å². The van der Waals surface area contributed by atoms with Gasteiger partial charge < -0.3 is 10.4 Å². The average Bonchev–Trinajstić information content (AvgIpc) is 2.89. The molecule has 31 heavy (non-hydrogen) atoms. The number of nitrogens with zero attached hydrogens (tertiary/aromatic N) is 1. The second kappa shape index (κ2) is 8.47. The first-order valence-electron chi connectivity index (χ1n) is 9.44. The number of benzene rings is 3. The van der Waals surface area contributed by atoms with Crippen molar-refractivity contribution in [1.82, 2.24) is 5.32 Å². The fourth-order valence-electron chi connectivity index (χ4n) is 3.18. The minimum absolute atomic E-state index is 0.104. The van der Waals surface area contributed by atoms with Gasteiger partial charge in [-0.1, -0.05) is 42.1 Å². The smallest absolute Gasteiger partial charge is 0.390 e. The highest BCUT2D eigenvalue weighted by molar-refractivity contribution is 7.99. The lowest BCUT2D eigenvalue weighted by Crippen LogP contribution is -2.27. The molecule has 0 saturated carbocycles. The highest BCUT2D eigenvalue weighted by Gasteiger charge is 2.27. The van der Waals surface area contributed by atoms with Crippen molar-refractivity contribution >= 4 is 29.1 Å². The molecular formula is C23H17F3N2O2S. The molecule has 4 rings (SSSR count). The summed E-state index contributed by atoms with van der Waals surface area (Å²) in [4.78, 5) is 18.9. The van der Waals surface area contributed by atoms with Gasteiger partial charge in [0.2, 0.25) is 0 Å². The Kier molecular flexibility index (Phi) is 5.73. The Hall–Kier alpha value is -3.26. The molecule has 1 aliphatic heterocycles. The van der Waals surface area contributed by atoms with Gasteiger partial charge in [-0.05, 0) is 36.4 Å². The summed E-state index contributed by atoms with van der Waals surface area (Å²) in [5.41, 5.74) is 2.98. The quantitative estimate of drug-likeness (QED) is 0.426. The van der Waals surface area contributed by atoms with Gasteiger partial charge in [0.1, 0.15) is 5.75 Å². The normalized spacial score (nSPS) is 12.9. The van der Waals surface area contributed by atoms with E-state index in [1.165, 1.54) is 11.8 Å². The molecule has 1 amide bonds. The Bertz CT molecular complexity index is 1180. The number of rotatable bonds is 4. The van der Waals surface area contributed by atoms with Crippen LogP contribution in [0.4, 0.5) is 18.9 Å². The summed E-state index contributed by atoms with van der Waals surface area (Å²) < 4.78 is 37.1. The van der Waals surface area contributed by atoms with Gasteiger partial charge in [-0.2, -0.15) is 13.2 Å². The van der Waals surface area contributed by atoms with Crippen LogP contribution >= 0.6 is 11.8 Å². The lowest BCUT2D eigenvalue weighted by Gasteiger charge is -2.09. The lowest BCUT2D eigenvalue weighted by atomic mass is 10.0. The molecule has 2 N–H and O–H groups in total. The molecule has 1 aliphatic rings. The van der Waals surface area contributed by atoms with E-state index < -0.39 is 25.0 Å². The molecule has 1 heterocycles. The van der Waals surface area contributed by atoms with Gasteiger partial charge in [0.05, 0.1) is 17.8 Å². The Balaban J connectivity index is 1.72. The molecule has 0 unspecified atom stereocenters. The molecule has 8 heteroatoms. The van der Waals surface area contributed by atoms with Crippen molar-refractivity contribution in [1.29, 1.82) is 0 Å². The number of hydrogen-bond donors (Lipinski definition) is 2. The number of carbonyl (C=O) groups excluding carboxylic acids is 1. The zero-order valence-corrected chi connectivity index (χ0v) is 16.9. The number of hydrogen-bond acceptors (Lipinski definition) is 4. The molecule has 4 nitrogen and oxygen atoms in total. The van der Waals surface area contributed by atoms with Gasteiger partial charge in [0.25, 0.3) is 5.91 Å². The van der Waals surface area contributed by atoms with Crippen LogP contribution in [0, 0.1) is 0 Å². The zero-order valence-electron chi connectivity index (χ0n) is 16.1. The van der Waals surface area contributed by atoms with Crippen molar-refractivity contribution in [2.24, 2.45) is 4.99 Å². The number of alkyl halides is 3. The van der Waals surface area contributed by atoms with Crippen LogP contribution in [0.25, 0.3) is 0 Å². The van der Waals surface area contributed by atoms with Gasteiger partial charge >= 0.3 is 6.18 Å². The van der Waals surface area contributed by atoms with E-state index in [4.69, 9.17) is 4.99 Å². The number of fused-ring (bicyclic) bond motifs is 2. The van der Waals surface area contributed by atoms with Gasteiger partial charge in [-0.25, -0.2) is 4.99 Å². The molecule has 0 fully saturated rings. The van der Waals surface area contributed by atoms with Gasteiger partial charge in [-0.3, -0.25) is 4.79 Å². The van der Waals surface area contributed by atoms with Crippen LogP contribution in [-0.4, -0.2) is 29.4 Å². The molecule has 158 valence electrons. The number of carbonyl (C=O) groups is 1. The summed E-state index contributed by atoms with van der Waals surface area (Å²) in [7, 11) is 0. The summed E-state index contributed by atoms with van der Waals surface area (Å²) in [5, 5.41) is 12.2. The first-order chi connectivity index (χ1) is 14.8. The van der Waals surface area contributed by atoms with Crippen LogP contribution in [0.1, 0.15) is 27.9 Å². The topological polar surface area (TPSA) is 61.7 Å². The van der Waals surface area contributed by atoms with E-state index in [-0.39, 0.29) is 11.3 Å². The molecule has 0 spiro atoms. The molecule has 3 aromatic rings. The summed E-state index contributed by atoms with van der Waals surface area (Å²) in [6, 6.07) is 19.3. The van der Waals surface area contributed by atoms with E-state index in [0.717, 1.165) is 15.4 Å². The standard InChI is InChI=1S/C23H17F3N2O2S/c24-23(25,26)10-11-27-22(30)15-8-9-20-18(13-15)28-21(14-4-3-5-16(29)12-14)17-6-1-2-7-19(17)31-20/h1-9,12-13,29H,10-11H2,(H,27,30). The van der Waals surface area contributed by atoms with E-state index in [2.05, 4.69) is 5.32 Å². The SMILES string of the molecule is O=C(NCCC(F)(F)F)c1ccc2c(c1)N=C(c1cccc(O)c1)c1ccccc1S2. The van der Waals surface area contributed by atoms with E-state index in [9.17, 15) is 23.1 Å². The number of nitrogens with one attached hydrogen (secondary N) is 1. The first-order valence-corrected chi connectivity index (χ1v) is 10.3. The maximum Gasteiger partial charge on any atom is 0.390 e. The van der Waals surface area contributed by atoms with Crippen molar-refractivity contribution < 1.29 is 23.1 Å². The fourth-order valence-corrected chi connectivity index (χ4v) is 4.18. The molecular weight excluding hydrogens is 425 g/mol. The van der Waals surface area contributed by atoms with Gasteiger partial charge in [-0.15, -0.1) is 0 Å². The molecule has 0 atom stereocenters. The molecule has 0 aromatic heterocycles. The van der Waals surface area contributed by atoms with E-state index in [1.807, 2.05) is 30.3 Å². The van der Waals surface area contributed by atoms with Crippen molar-refractivity contribution in [3.63, 3.8) is 0 Å². The second-order valence-corrected chi connectivity index (χ2v) is 8.00. The molecule has 3 aromatic carbocycles. The Labute approximate surface area is 180 Å². The minimum Gasteiger partial charge on any atom is -0.508 e. The van der Waals surface area contributed by atoms with Crippen LogP contribution in [0.3, 0.4) is 0 Å². The largest absolute Gasteiger partial charge is 0.508 e. The van der Waals surface area contributed by atoms with Crippen LogP contribution < -0.4 is 5.32 Å². The van der Waals surface area contributed by atoms with Crippen molar-refractivity contribution in [3.8, 4) is 5.75 Å². The summed E-state index contributed by atoms with van der Waals surface area (Å²) >= 11 is 1.49. The van der Waals surface area contributed by atoms with Crippen LogP contribution in [0.15, 0.2) is 81.5 Å². The lowest BCUT2D eigenvalue weighted by molar-refractivity contribution is -0.132. The van der Waals surface area contributed by atoms with Crippen LogP contribution in [0.2, 0.25) is 0 Å². The number of amides is 1. The summed E-state index contributed by atoms with van der Waals surface area (Å²) in [6.07, 6.45) is -5.42. The molecule has 0 aliphatic carbocycles. The Morgan fingerprint density at radius 3 is 2.58 bits per heavy atom. The third kappa shape index (κ3) is 4.91.